The van der Waals surface area contributed by atoms with Crippen LogP contribution in [0.25, 0.3) is 0 Å². The number of fused-ring (bicyclic) bond motifs is 1. The Balaban J connectivity index is 1.52. The molecule has 4 rings (SSSR count). The molecule has 3 aromatic rings. The summed E-state index contributed by atoms with van der Waals surface area (Å²) in [4.78, 5) is 16.3. The summed E-state index contributed by atoms with van der Waals surface area (Å²) in [7, 11) is 2.02. The van der Waals surface area contributed by atoms with E-state index in [1.54, 1.807) is 22.1 Å². The van der Waals surface area contributed by atoms with Gasteiger partial charge in [0.2, 0.25) is 5.16 Å². The second-order valence-corrected chi connectivity index (χ2v) is 9.93. The zero-order chi connectivity index (χ0) is 20.6. The van der Waals surface area contributed by atoms with Crippen LogP contribution < -0.4 is 4.90 Å². The summed E-state index contributed by atoms with van der Waals surface area (Å²) in [5, 5.41) is 14.4. The Kier molecular flexibility index (Phi) is 5.31. The predicted molar refractivity (Wildman–Crippen MR) is 118 cm³/mol. The van der Waals surface area contributed by atoms with Gasteiger partial charge in [0.1, 0.15) is 0 Å². The van der Waals surface area contributed by atoms with Crippen LogP contribution in [0.3, 0.4) is 0 Å². The number of allylic oxidation sites excluding steroid dienone is 2. The lowest BCUT2D eigenvalue weighted by Gasteiger charge is -2.24. The third-order valence-electron chi connectivity index (χ3n) is 5.29. The van der Waals surface area contributed by atoms with Crippen molar-refractivity contribution < 1.29 is 4.79 Å². The minimum Gasteiger partial charge on any atom is -0.347 e. The van der Waals surface area contributed by atoms with Crippen molar-refractivity contribution in [2.75, 3.05) is 11.9 Å². The molecule has 0 amide bonds. The maximum absolute atomic E-state index is 13.0. The Bertz CT molecular complexity index is 1050. The number of hydrogen-bond donors (Lipinski definition) is 0. The molecule has 8 heteroatoms. The van der Waals surface area contributed by atoms with E-state index in [2.05, 4.69) is 52.5 Å². The van der Waals surface area contributed by atoms with Crippen molar-refractivity contribution in [1.82, 2.24) is 20.2 Å². The molecule has 2 aromatic heterocycles. The predicted octanol–water partition coefficient (Wildman–Crippen LogP) is 4.14. The van der Waals surface area contributed by atoms with Crippen LogP contribution in [0, 0.1) is 0 Å². The Morgan fingerprint density at radius 2 is 2.07 bits per heavy atom. The summed E-state index contributed by atoms with van der Waals surface area (Å²) in [6.45, 7) is 6.84. The molecular formula is C21H23N5OS2. The highest BCUT2D eigenvalue weighted by molar-refractivity contribution is 8.00. The molecule has 0 radical (unpaired) electrons. The average molecular weight is 426 g/mol. The first-order valence-corrected chi connectivity index (χ1v) is 11.2. The molecule has 3 heterocycles. The van der Waals surface area contributed by atoms with Crippen LogP contribution in [-0.2, 0) is 16.8 Å². The van der Waals surface area contributed by atoms with Gasteiger partial charge in [-0.3, -0.25) is 4.79 Å². The van der Waals surface area contributed by atoms with Gasteiger partial charge >= 0.3 is 0 Å². The molecular weight excluding hydrogens is 402 g/mol. The van der Waals surface area contributed by atoms with Crippen LogP contribution in [-0.4, -0.2) is 38.3 Å². The van der Waals surface area contributed by atoms with E-state index in [1.165, 1.54) is 22.2 Å². The summed E-state index contributed by atoms with van der Waals surface area (Å²) >= 11 is 3.06. The highest BCUT2D eigenvalue weighted by Crippen LogP contribution is 2.46. The number of tetrazole rings is 1. The average Bonchev–Trinajstić information content (AvgIpc) is 3.41. The zero-order valence-electron chi connectivity index (χ0n) is 16.9. The van der Waals surface area contributed by atoms with Crippen molar-refractivity contribution in [2.45, 2.75) is 43.1 Å². The second-order valence-electron chi connectivity index (χ2n) is 7.59. The molecule has 1 atom stereocenters. The molecule has 0 saturated carbocycles. The summed E-state index contributed by atoms with van der Waals surface area (Å²) in [6, 6.07) is 12.4. The molecule has 0 fully saturated rings. The number of ketones is 1. The van der Waals surface area contributed by atoms with E-state index in [1.807, 2.05) is 37.6 Å². The number of nitrogens with zero attached hydrogens (tertiary/aromatic N) is 5. The summed E-state index contributed by atoms with van der Waals surface area (Å²) < 4.78 is 1.74. The van der Waals surface area contributed by atoms with Gasteiger partial charge in [-0.15, -0.1) is 16.4 Å². The monoisotopic (exact) mass is 425 g/mol. The number of rotatable bonds is 6. The first kappa shape index (κ1) is 19.8. The zero-order valence-corrected chi connectivity index (χ0v) is 18.5. The number of likely N-dealkylation sites (N-methyl/N-ethyl adjacent to an activating group) is 1. The molecule has 150 valence electrons. The van der Waals surface area contributed by atoms with Gasteiger partial charge in [-0.25, -0.2) is 4.68 Å². The third-order valence-corrected chi connectivity index (χ3v) is 7.24. The molecule has 1 aromatic carbocycles. The largest absolute Gasteiger partial charge is 0.347 e. The molecule has 6 nitrogen and oxygen atoms in total. The third kappa shape index (κ3) is 3.74. The van der Waals surface area contributed by atoms with E-state index in [9.17, 15) is 4.79 Å². The Morgan fingerprint density at radius 1 is 1.28 bits per heavy atom. The highest BCUT2D eigenvalue weighted by atomic mass is 32.2. The molecule has 1 aliphatic rings. The molecule has 0 aliphatic carbocycles. The number of thiophene rings is 1. The van der Waals surface area contributed by atoms with Gasteiger partial charge in [-0.2, -0.15) is 0 Å². The van der Waals surface area contributed by atoms with Crippen molar-refractivity contribution in [3.8, 4) is 0 Å². The van der Waals surface area contributed by atoms with Crippen LogP contribution in [0.4, 0.5) is 5.69 Å². The topological polar surface area (TPSA) is 63.9 Å². The fraction of sp³-hybridized carbons (Fsp3) is 0.333. The maximum atomic E-state index is 13.0. The van der Waals surface area contributed by atoms with Gasteiger partial charge in [0.25, 0.3) is 0 Å². The molecule has 0 bridgehead atoms. The fourth-order valence-corrected chi connectivity index (χ4v) is 5.15. The van der Waals surface area contributed by atoms with Crippen molar-refractivity contribution in [1.29, 1.82) is 0 Å². The minimum atomic E-state index is -0.288. The van der Waals surface area contributed by atoms with Crippen molar-refractivity contribution >= 4 is 34.6 Å². The number of thioether (sulfide) groups is 1. The molecule has 0 spiro atoms. The van der Waals surface area contributed by atoms with Crippen LogP contribution in [0.2, 0.25) is 0 Å². The van der Waals surface area contributed by atoms with Gasteiger partial charge in [-0.05, 0) is 40.4 Å². The van der Waals surface area contributed by atoms with Crippen LogP contribution >= 0.6 is 23.1 Å². The molecule has 0 saturated heterocycles. The van der Waals surface area contributed by atoms with Crippen molar-refractivity contribution in [2.24, 2.45) is 0 Å². The van der Waals surface area contributed by atoms with Gasteiger partial charge in [0, 0.05) is 34.8 Å². The number of carbonyl (C=O) groups excluding carboxylic acids is 1. The van der Waals surface area contributed by atoms with E-state index < -0.39 is 0 Å². The van der Waals surface area contributed by atoms with E-state index in [-0.39, 0.29) is 16.4 Å². The lowest BCUT2D eigenvalue weighted by atomic mass is 9.83. The normalized spacial score (nSPS) is 17.5. The standard InChI is InChI=1S/C21H23N5OS2/c1-14(29-20-22-23-24-26(20)13-15-8-7-11-28-15)18(27)12-19-21(2,3)16-9-5-6-10-17(16)25(19)4/h5-12,14H,13H2,1-4H3/b19-12-. The number of anilines is 1. The van der Waals surface area contributed by atoms with Crippen molar-refractivity contribution in [3.63, 3.8) is 0 Å². The maximum Gasteiger partial charge on any atom is 0.210 e. The first-order valence-electron chi connectivity index (χ1n) is 9.42. The number of aromatic nitrogens is 4. The number of hydrogen-bond acceptors (Lipinski definition) is 7. The first-order chi connectivity index (χ1) is 13.9. The van der Waals surface area contributed by atoms with Crippen LogP contribution in [0.5, 0.6) is 0 Å². The van der Waals surface area contributed by atoms with Gasteiger partial charge < -0.3 is 4.90 Å². The number of carbonyl (C=O) groups is 1. The van der Waals surface area contributed by atoms with E-state index in [0.29, 0.717) is 11.7 Å². The summed E-state index contributed by atoms with van der Waals surface area (Å²) in [5.41, 5.74) is 3.18. The van der Waals surface area contributed by atoms with E-state index in [4.69, 9.17) is 0 Å². The quantitative estimate of drug-likeness (QED) is 0.437. The van der Waals surface area contributed by atoms with Crippen LogP contribution in [0.1, 0.15) is 31.2 Å². The van der Waals surface area contributed by atoms with Crippen molar-refractivity contribution in [3.05, 3.63) is 64.0 Å². The molecule has 1 unspecified atom stereocenters. The van der Waals surface area contributed by atoms with Crippen LogP contribution in [0.15, 0.2) is 58.7 Å². The van der Waals surface area contributed by atoms with Gasteiger partial charge in [0.05, 0.1) is 11.8 Å². The summed E-state index contributed by atoms with van der Waals surface area (Å²) in [6.07, 6.45) is 1.78. The number of benzene rings is 1. The Labute approximate surface area is 178 Å². The SMILES string of the molecule is CC(Sc1nnnn1Cc1cccs1)C(=O)/C=C1\N(C)c2ccccc2C1(C)C. The molecule has 0 N–H and O–H groups in total. The number of para-hydroxylation sites is 1. The lowest BCUT2D eigenvalue weighted by molar-refractivity contribution is -0.114. The smallest absolute Gasteiger partial charge is 0.210 e. The lowest BCUT2D eigenvalue weighted by Crippen LogP contribution is -2.25. The minimum absolute atomic E-state index is 0.0587. The van der Waals surface area contributed by atoms with Gasteiger partial charge in [0.15, 0.2) is 5.78 Å². The van der Waals surface area contributed by atoms with Gasteiger partial charge in [-0.1, -0.05) is 49.9 Å². The molecule has 29 heavy (non-hydrogen) atoms. The second kappa shape index (κ2) is 7.76. The van der Waals surface area contributed by atoms with E-state index in [0.717, 1.165) is 11.4 Å². The molecule has 1 aliphatic heterocycles. The van der Waals surface area contributed by atoms with E-state index >= 15 is 0 Å². The Morgan fingerprint density at radius 3 is 2.79 bits per heavy atom. The highest BCUT2D eigenvalue weighted by Gasteiger charge is 2.38. The summed E-state index contributed by atoms with van der Waals surface area (Å²) in [5.74, 6) is 0.0587. The Hall–Kier alpha value is -2.45. The fourth-order valence-electron chi connectivity index (χ4n) is 3.66.